The fraction of sp³-hybridized carbons (Fsp3) is 0.353. The summed E-state index contributed by atoms with van der Waals surface area (Å²) in [6.07, 6.45) is 2.97. The van der Waals surface area contributed by atoms with Crippen molar-refractivity contribution in [2.24, 2.45) is 0 Å². The van der Waals surface area contributed by atoms with Crippen LogP contribution in [0.5, 0.6) is 5.75 Å². The summed E-state index contributed by atoms with van der Waals surface area (Å²) in [5.41, 5.74) is 4.76. The van der Waals surface area contributed by atoms with Crippen LogP contribution in [0, 0.1) is 0 Å². The molecule has 0 fully saturated rings. The molecule has 2 rings (SSSR count). The number of aryl methyl sites for hydroxylation is 1. The Morgan fingerprint density at radius 1 is 1.16 bits per heavy atom. The molecule has 0 aliphatic heterocycles. The molecule has 1 aromatic heterocycles. The summed E-state index contributed by atoms with van der Waals surface area (Å²) in [7, 11) is 1.71. The molecule has 0 spiro atoms. The molecule has 0 aliphatic rings. The molecule has 100 valence electrons. The van der Waals surface area contributed by atoms with E-state index < -0.39 is 0 Å². The van der Waals surface area contributed by atoms with Gasteiger partial charge in [-0.05, 0) is 30.0 Å². The van der Waals surface area contributed by atoms with Crippen LogP contribution < -0.4 is 4.74 Å². The van der Waals surface area contributed by atoms with Gasteiger partial charge in [0.25, 0.3) is 0 Å². The summed E-state index contributed by atoms with van der Waals surface area (Å²) in [5, 5.41) is 0. The highest BCUT2D eigenvalue weighted by Gasteiger charge is 2.11. The zero-order valence-electron chi connectivity index (χ0n) is 12.1. The van der Waals surface area contributed by atoms with Crippen LogP contribution in [0.25, 0.3) is 11.1 Å². The number of rotatable bonds is 4. The van der Waals surface area contributed by atoms with E-state index >= 15 is 0 Å². The molecule has 0 unspecified atom stereocenters. The molecule has 0 radical (unpaired) electrons. The van der Waals surface area contributed by atoms with Crippen molar-refractivity contribution in [3.63, 3.8) is 0 Å². The maximum absolute atomic E-state index is 5.45. The SMILES string of the molecule is CCc1cc(C(C)C)ncc1-c1ccccc1OC. The number of benzene rings is 1. The molecule has 0 saturated heterocycles. The lowest BCUT2D eigenvalue weighted by molar-refractivity contribution is 0.416. The summed E-state index contributed by atoms with van der Waals surface area (Å²) in [4.78, 5) is 4.58. The highest BCUT2D eigenvalue weighted by molar-refractivity contribution is 5.72. The summed E-state index contributed by atoms with van der Waals surface area (Å²) < 4.78 is 5.45. The lowest BCUT2D eigenvalue weighted by atomic mass is 9.97. The van der Waals surface area contributed by atoms with Crippen LogP contribution in [-0.2, 0) is 6.42 Å². The molecule has 2 heteroatoms. The van der Waals surface area contributed by atoms with Crippen LogP contribution >= 0.6 is 0 Å². The predicted octanol–water partition coefficient (Wildman–Crippen LogP) is 4.44. The Hall–Kier alpha value is -1.83. The van der Waals surface area contributed by atoms with Gasteiger partial charge in [0.1, 0.15) is 5.75 Å². The first-order valence-electron chi connectivity index (χ1n) is 6.79. The topological polar surface area (TPSA) is 22.1 Å². The first kappa shape index (κ1) is 13.6. The molecule has 0 atom stereocenters. The molecule has 1 aromatic carbocycles. The quantitative estimate of drug-likeness (QED) is 0.805. The van der Waals surface area contributed by atoms with E-state index in [2.05, 4.69) is 37.9 Å². The molecule has 0 amide bonds. The largest absolute Gasteiger partial charge is 0.496 e. The van der Waals surface area contributed by atoms with Gasteiger partial charge in [0.15, 0.2) is 0 Å². The average Bonchev–Trinajstić information content (AvgIpc) is 2.46. The lowest BCUT2D eigenvalue weighted by Gasteiger charge is -2.14. The van der Waals surface area contributed by atoms with Gasteiger partial charge in [-0.25, -0.2) is 0 Å². The Labute approximate surface area is 115 Å². The van der Waals surface area contributed by atoms with Crippen molar-refractivity contribution in [1.82, 2.24) is 4.98 Å². The summed E-state index contributed by atoms with van der Waals surface area (Å²) >= 11 is 0. The van der Waals surface area contributed by atoms with E-state index in [1.807, 2.05) is 24.4 Å². The van der Waals surface area contributed by atoms with Crippen LogP contribution in [-0.4, -0.2) is 12.1 Å². The van der Waals surface area contributed by atoms with Gasteiger partial charge in [0, 0.05) is 23.0 Å². The second kappa shape index (κ2) is 5.87. The molecule has 2 aromatic rings. The van der Waals surface area contributed by atoms with Gasteiger partial charge < -0.3 is 4.74 Å². The normalized spacial score (nSPS) is 10.8. The second-order valence-corrected chi connectivity index (χ2v) is 4.97. The fourth-order valence-corrected chi connectivity index (χ4v) is 2.23. The van der Waals surface area contributed by atoms with Gasteiger partial charge >= 0.3 is 0 Å². The van der Waals surface area contributed by atoms with Crippen molar-refractivity contribution in [1.29, 1.82) is 0 Å². The zero-order chi connectivity index (χ0) is 13.8. The summed E-state index contributed by atoms with van der Waals surface area (Å²) in [6, 6.07) is 10.3. The molecule has 1 heterocycles. The molecule has 0 aliphatic carbocycles. The van der Waals surface area contributed by atoms with Gasteiger partial charge in [-0.1, -0.05) is 39.0 Å². The van der Waals surface area contributed by atoms with Gasteiger partial charge in [0.05, 0.1) is 7.11 Å². The van der Waals surface area contributed by atoms with E-state index in [0.717, 1.165) is 23.4 Å². The van der Waals surface area contributed by atoms with Crippen molar-refractivity contribution >= 4 is 0 Å². The number of pyridine rings is 1. The zero-order valence-corrected chi connectivity index (χ0v) is 12.1. The molecule has 0 bridgehead atoms. The minimum atomic E-state index is 0.456. The third-order valence-electron chi connectivity index (χ3n) is 3.38. The highest BCUT2D eigenvalue weighted by Crippen LogP contribution is 2.32. The maximum atomic E-state index is 5.45. The van der Waals surface area contributed by atoms with E-state index in [1.165, 1.54) is 11.1 Å². The smallest absolute Gasteiger partial charge is 0.126 e. The second-order valence-electron chi connectivity index (χ2n) is 4.97. The lowest BCUT2D eigenvalue weighted by Crippen LogP contribution is -1.98. The Morgan fingerprint density at radius 3 is 2.53 bits per heavy atom. The highest BCUT2D eigenvalue weighted by atomic mass is 16.5. The van der Waals surface area contributed by atoms with Crippen molar-refractivity contribution in [2.45, 2.75) is 33.1 Å². The van der Waals surface area contributed by atoms with Crippen molar-refractivity contribution in [3.05, 3.63) is 47.8 Å². The number of methoxy groups -OCH3 is 1. The van der Waals surface area contributed by atoms with E-state index in [0.29, 0.717) is 5.92 Å². The molecule has 2 nitrogen and oxygen atoms in total. The van der Waals surface area contributed by atoms with E-state index in [-0.39, 0.29) is 0 Å². The Kier molecular flexibility index (Phi) is 4.20. The number of ether oxygens (including phenoxy) is 1. The Bertz CT molecular complexity index is 561. The monoisotopic (exact) mass is 255 g/mol. The third kappa shape index (κ3) is 2.78. The minimum Gasteiger partial charge on any atom is -0.496 e. The molecular formula is C17H21NO. The molecule has 0 saturated carbocycles. The maximum Gasteiger partial charge on any atom is 0.126 e. The number of para-hydroxylation sites is 1. The Morgan fingerprint density at radius 2 is 1.89 bits per heavy atom. The summed E-state index contributed by atoms with van der Waals surface area (Å²) in [6.45, 7) is 6.52. The summed E-state index contributed by atoms with van der Waals surface area (Å²) in [5.74, 6) is 1.35. The van der Waals surface area contributed by atoms with Gasteiger partial charge in [-0.3, -0.25) is 4.98 Å². The van der Waals surface area contributed by atoms with Crippen molar-refractivity contribution < 1.29 is 4.74 Å². The van der Waals surface area contributed by atoms with Crippen LogP contribution in [0.1, 0.15) is 37.9 Å². The predicted molar refractivity (Wildman–Crippen MR) is 79.7 cm³/mol. The molecule has 0 N–H and O–H groups in total. The number of aromatic nitrogens is 1. The van der Waals surface area contributed by atoms with Crippen LogP contribution in [0.2, 0.25) is 0 Å². The third-order valence-corrected chi connectivity index (χ3v) is 3.38. The first-order chi connectivity index (χ1) is 9.17. The van der Waals surface area contributed by atoms with Crippen LogP contribution in [0.15, 0.2) is 36.5 Å². The first-order valence-corrected chi connectivity index (χ1v) is 6.79. The minimum absolute atomic E-state index is 0.456. The van der Waals surface area contributed by atoms with E-state index in [9.17, 15) is 0 Å². The van der Waals surface area contributed by atoms with Crippen LogP contribution in [0.4, 0.5) is 0 Å². The van der Waals surface area contributed by atoms with Gasteiger partial charge in [-0.2, -0.15) is 0 Å². The van der Waals surface area contributed by atoms with Gasteiger partial charge in [-0.15, -0.1) is 0 Å². The fourth-order valence-electron chi connectivity index (χ4n) is 2.23. The van der Waals surface area contributed by atoms with Crippen molar-refractivity contribution in [2.75, 3.05) is 7.11 Å². The number of hydrogen-bond donors (Lipinski definition) is 0. The standard InChI is InChI=1S/C17H21NO/c1-5-13-10-16(12(2)3)18-11-15(13)14-8-6-7-9-17(14)19-4/h6-12H,5H2,1-4H3. The number of hydrogen-bond acceptors (Lipinski definition) is 2. The molecule has 19 heavy (non-hydrogen) atoms. The van der Waals surface area contributed by atoms with E-state index in [1.54, 1.807) is 7.11 Å². The van der Waals surface area contributed by atoms with Crippen LogP contribution in [0.3, 0.4) is 0 Å². The Balaban J connectivity index is 2.55. The van der Waals surface area contributed by atoms with Crippen molar-refractivity contribution in [3.8, 4) is 16.9 Å². The average molecular weight is 255 g/mol. The molecular weight excluding hydrogens is 234 g/mol. The number of nitrogens with zero attached hydrogens (tertiary/aromatic N) is 1. The van der Waals surface area contributed by atoms with Gasteiger partial charge in [0.2, 0.25) is 0 Å². The van der Waals surface area contributed by atoms with E-state index in [4.69, 9.17) is 4.74 Å².